The molecule has 104 valence electrons. The fourth-order valence-electron chi connectivity index (χ4n) is 2.38. The van der Waals surface area contributed by atoms with Crippen LogP contribution in [0.25, 0.3) is 0 Å². The Kier molecular flexibility index (Phi) is 4.88. The maximum atomic E-state index is 11.7. The second-order valence-corrected chi connectivity index (χ2v) is 6.81. The summed E-state index contributed by atoms with van der Waals surface area (Å²) in [6.07, 6.45) is 1.11. The number of likely N-dealkylation sites (N-methyl/N-ethyl adjacent to an activating group) is 1. The lowest BCUT2D eigenvalue weighted by Gasteiger charge is -2.20. The van der Waals surface area contributed by atoms with Gasteiger partial charge in [-0.25, -0.2) is 0 Å². The van der Waals surface area contributed by atoms with Gasteiger partial charge in [-0.1, -0.05) is 18.2 Å². The molecule has 1 aromatic rings. The van der Waals surface area contributed by atoms with Crippen molar-refractivity contribution in [3.8, 4) is 0 Å². The number of nitrogens with zero attached hydrogens (tertiary/aromatic N) is 1. The van der Waals surface area contributed by atoms with Gasteiger partial charge in [0.05, 0.1) is 6.54 Å². The molecule has 19 heavy (non-hydrogen) atoms. The standard InChI is InChI=1S/C15H22N2OS/c1-11(2)16-15(18)10-17(3)9-13-8-12-6-4-5-7-14(12)19-13/h4-7,11,13H,8-10H2,1-3H3,(H,16,18). The van der Waals surface area contributed by atoms with Gasteiger partial charge < -0.3 is 5.32 Å². The second kappa shape index (κ2) is 6.44. The first-order chi connectivity index (χ1) is 9.04. The number of rotatable bonds is 5. The van der Waals surface area contributed by atoms with Gasteiger partial charge in [0, 0.05) is 22.7 Å². The second-order valence-electron chi connectivity index (χ2n) is 5.47. The molecule has 0 fully saturated rings. The van der Waals surface area contributed by atoms with E-state index >= 15 is 0 Å². The minimum absolute atomic E-state index is 0.109. The number of hydrogen-bond acceptors (Lipinski definition) is 3. The van der Waals surface area contributed by atoms with Crippen LogP contribution in [0.15, 0.2) is 29.2 Å². The van der Waals surface area contributed by atoms with E-state index < -0.39 is 0 Å². The van der Waals surface area contributed by atoms with Gasteiger partial charge in [0.1, 0.15) is 0 Å². The van der Waals surface area contributed by atoms with Gasteiger partial charge >= 0.3 is 0 Å². The van der Waals surface area contributed by atoms with Crippen molar-refractivity contribution in [1.82, 2.24) is 10.2 Å². The van der Waals surface area contributed by atoms with Crippen LogP contribution in [0.4, 0.5) is 0 Å². The van der Waals surface area contributed by atoms with E-state index in [4.69, 9.17) is 0 Å². The molecule has 1 N–H and O–H groups in total. The fraction of sp³-hybridized carbons (Fsp3) is 0.533. The zero-order valence-corrected chi connectivity index (χ0v) is 12.7. The third-order valence-corrected chi connectivity index (χ3v) is 4.39. The highest BCUT2D eigenvalue weighted by atomic mass is 32.2. The van der Waals surface area contributed by atoms with Crippen molar-refractivity contribution in [2.45, 2.75) is 36.5 Å². The predicted octanol–water partition coefficient (Wildman–Crippen LogP) is 2.16. The third-order valence-electron chi connectivity index (χ3n) is 3.09. The zero-order chi connectivity index (χ0) is 13.8. The Morgan fingerprint density at radius 1 is 1.47 bits per heavy atom. The van der Waals surface area contributed by atoms with Crippen molar-refractivity contribution < 1.29 is 4.79 Å². The lowest BCUT2D eigenvalue weighted by atomic mass is 10.1. The molecule has 0 saturated heterocycles. The van der Waals surface area contributed by atoms with Gasteiger partial charge in [-0.2, -0.15) is 0 Å². The van der Waals surface area contributed by atoms with Crippen molar-refractivity contribution in [3.05, 3.63) is 29.8 Å². The molecule has 0 radical (unpaired) electrons. The van der Waals surface area contributed by atoms with Crippen LogP contribution in [0.3, 0.4) is 0 Å². The summed E-state index contributed by atoms with van der Waals surface area (Å²) in [7, 11) is 2.02. The number of thioether (sulfide) groups is 1. The average Bonchev–Trinajstić information content (AvgIpc) is 2.68. The smallest absolute Gasteiger partial charge is 0.234 e. The van der Waals surface area contributed by atoms with E-state index in [0.29, 0.717) is 11.8 Å². The highest BCUT2D eigenvalue weighted by Gasteiger charge is 2.23. The summed E-state index contributed by atoms with van der Waals surface area (Å²) in [5, 5.41) is 3.49. The number of carbonyl (C=O) groups is 1. The Balaban J connectivity index is 1.79. The molecule has 3 nitrogen and oxygen atoms in total. The molecule has 0 aromatic heterocycles. The van der Waals surface area contributed by atoms with Crippen molar-refractivity contribution in [2.75, 3.05) is 20.1 Å². The van der Waals surface area contributed by atoms with Gasteiger partial charge in [0.2, 0.25) is 5.91 Å². The van der Waals surface area contributed by atoms with Crippen LogP contribution in [0, 0.1) is 0 Å². The van der Waals surface area contributed by atoms with Gasteiger partial charge in [-0.05, 0) is 38.9 Å². The number of hydrogen-bond donors (Lipinski definition) is 1. The lowest BCUT2D eigenvalue weighted by Crippen LogP contribution is -2.40. The zero-order valence-electron chi connectivity index (χ0n) is 11.8. The SMILES string of the molecule is CC(C)NC(=O)CN(C)CC1Cc2ccccc2S1. The summed E-state index contributed by atoms with van der Waals surface area (Å²) >= 11 is 1.93. The van der Waals surface area contributed by atoms with Crippen LogP contribution in [-0.2, 0) is 11.2 Å². The number of benzene rings is 1. The van der Waals surface area contributed by atoms with Gasteiger partial charge in [-0.3, -0.25) is 9.69 Å². The lowest BCUT2D eigenvalue weighted by molar-refractivity contribution is -0.122. The molecule has 1 aliphatic rings. The van der Waals surface area contributed by atoms with E-state index in [-0.39, 0.29) is 11.9 Å². The van der Waals surface area contributed by atoms with E-state index in [2.05, 4.69) is 34.5 Å². The fourth-order valence-corrected chi connectivity index (χ4v) is 3.79. The van der Waals surface area contributed by atoms with E-state index in [9.17, 15) is 4.79 Å². The summed E-state index contributed by atoms with van der Waals surface area (Å²) in [5.41, 5.74) is 1.44. The molecule has 4 heteroatoms. The van der Waals surface area contributed by atoms with Crippen molar-refractivity contribution in [1.29, 1.82) is 0 Å². The number of carbonyl (C=O) groups excluding carboxylic acids is 1. The maximum absolute atomic E-state index is 11.7. The molecule has 1 atom stereocenters. The average molecular weight is 278 g/mol. The van der Waals surface area contributed by atoms with Crippen LogP contribution in [0.1, 0.15) is 19.4 Å². The topological polar surface area (TPSA) is 32.3 Å². The highest BCUT2D eigenvalue weighted by molar-refractivity contribution is 8.00. The van der Waals surface area contributed by atoms with E-state index in [0.717, 1.165) is 13.0 Å². The summed E-state index contributed by atoms with van der Waals surface area (Å²) in [6, 6.07) is 8.79. The Morgan fingerprint density at radius 2 is 2.21 bits per heavy atom. The maximum Gasteiger partial charge on any atom is 0.234 e. The van der Waals surface area contributed by atoms with Crippen LogP contribution < -0.4 is 5.32 Å². The minimum Gasteiger partial charge on any atom is -0.353 e. The Bertz CT molecular complexity index is 423. The largest absolute Gasteiger partial charge is 0.353 e. The first-order valence-electron chi connectivity index (χ1n) is 6.77. The molecule has 0 bridgehead atoms. The molecule has 0 spiro atoms. The Morgan fingerprint density at radius 3 is 2.89 bits per heavy atom. The van der Waals surface area contributed by atoms with Crippen LogP contribution in [0.5, 0.6) is 0 Å². The minimum atomic E-state index is 0.109. The molecule has 1 aliphatic heterocycles. The first-order valence-corrected chi connectivity index (χ1v) is 7.65. The molecular formula is C15H22N2OS. The monoisotopic (exact) mass is 278 g/mol. The highest BCUT2D eigenvalue weighted by Crippen LogP contribution is 2.36. The number of amides is 1. The van der Waals surface area contributed by atoms with Crippen molar-refractivity contribution in [2.24, 2.45) is 0 Å². The predicted molar refractivity (Wildman–Crippen MR) is 80.6 cm³/mol. The van der Waals surface area contributed by atoms with Crippen LogP contribution in [-0.4, -0.2) is 42.2 Å². The quantitative estimate of drug-likeness (QED) is 0.896. The summed E-state index contributed by atoms with van der Waals surface area (Å²) in [4.78, 5) is 15.2. The molecule has 1 heterocycles. The summed E-state index contributed by atoms with van der Waals surface area (Å²) in [5.74, 6) is 0.109. The molecule has 0 saturated carbocycles. The van der Waals surface area contributed by atoms with E-state index in [1.165, 1.54) is 10.5 Å². The normalized spacial score (nSPS) is 17.8. The van der Waals surface area contributed by atoms with Crippen molar-refractivity contribution >= 4 is 17.7 Å². The van der Waals surface area contributed by atoms with E-state index in [1.807, 2.05) is 32.7 Å². The van der Waals surface area contributed by atoms with Gasteiger partial charge in [-0.15, -0.1) is 11.8 Å². The molecule has 1 unspecified atom stereocenters. The number of nitrogens with one attached hydrogen (secondary N) is 1. The molecule has 2 rings (SSSR count). The number of fused-ring (bicyclic) bond motifs is 1. The van der Waals surface area contributed by atoms with Crippen LogP contribution in [0.2, 0.25) is 0 Å². The van der Waals surface area contributed by atoms with E-state index in [1.54, 1.807) is 0 Å². The van der Waals surface area contributed by atoms with Crippen molar-refractivity contribution in [3.63, 3.8) is 0 Å². The molecule has 0 aliphatic carbocycles. The summed E-state index contributed by atoms with van der Waals surface area (Å²) < 4.78 is 0. The van der Waals surface area contributed by atoms with Crippen LogP contribution >= 0.6 is 11.8 Å². The van der Waals surface area contributed by atoms with Gasteiger partial charge in [0.25, 0.3) is 0 Å². The summed E-state index contributed by atoms with van der Waals surface area (Å²) in [6.45, 7) is 5.40. The Hall–Kier alpha value is -1.00. The molecular weight excluding hydrogens is 256 g/mol. The molecule has 1 aromatic carbocycles. The van der Waals surface area contributed by atoms with Gasteiger partial charge in [0.15, 0.2) is 0 Å². The molecule has 1 amide bonds. The third kappa shape index (κ3) is 4.25. The Labute approximate surface area is 119 Å². The first kappa shape index (κ1) is 14.4.